The number of nitro benzene ring substituents is 1. The summed E-state index contributed by atoms with van der Waals surface area (Å²) in [6, 6.07) is 7.83. The van der Waals surface area contributed by atoms with Crippen molar-refractivity contribution in [2.24, 2.45) is 0 Å². The first-order valence-corrected chi connectivity index (χ1v) is 9.17. The van der Waals surface area contributed by atoms with Crippen LogP contribution in [0.15, 0.2) is 36.4 Å². The molecule has 0 bridgehead atoms. The van der Waals surface area contributed by atoms with E-state index in [9.17, 15) is 23.7 Å². The highest BCUT2D eigenvalue weighted by Gasteiger charge is 2.25. The zero-order valence-electron chi connectivity index (χ0n) is 15.9. The lowest BCUT2D eigenvalue weighted by molar-refractivity contribution is -0.385. The molecule has 1 aliphatic rings. The van der Waals surface area contributed by atoms with Crippen molar-refractivity contribution in [1.29, 1.82) is 0 Å². The van der Waals surface area contributed by atoms with Gasteiger partial charge in [-0.1, -0.05) is 12.1 Å². The van der Waals surface area contributed by atoms with Gasteiger partial charge in [-0.05, 0) is 30.7 Å². The summed E-state index contributed by atoms with van der Waals surface area (Å²) in [5.41, 5.74) is -0.0319. The minimum Gasteiger partial charge on any atom is -0.379 e. The molecule has 7 nitrogen and oxygen atoms in total. The first-order valence-electron chi connectivity index (χ1n) is 9.17. The third-order valence-electron chi connectivity index (χ3n) is 4.95. The van der Waals surface area contributed by atoms with Crippen molar-refractivity contribution in [3.8, 4) is 0 Å². The molecule has 1 aliphatic heterocycles. The molecule has 1 fully saturated rings. The van der Waals surface area contributed by atoms with E-state index in [1.807, 2.05) is 0 Å². The number of rotatable bonds is 6. The number of hydrogen-bond acceptors (Lipinski definition) is 5. The van der Waals surface area contributed by atoms with Crippen molar-refractivity contribution in [3.63, 3.8) is 0 Å². The van der Waals surface area contributed by atoms with E-state index in [0.717, 1.165) is 12.1 Å². The third-order valence-corrected chi connectivity index (χ3v) is 4.95. The zero-order valence-corrected chi connectivity index (χ0v) is 15.9. The standard InChI is InChI=1S/C20H21F2N3O4/c1-13-17(22)10-15(11-18(13)25(27)28)20(26)23-12-19(24-5-7-29-8-6-24)14-3-2-4-16(21)9-14/h2-4,9-11,19H,5-8,12H2,1H3,(H,23,26). The van der Waals surface area contributed by atoms with Gasteiger partial charge in [0.1, 0.15) is 11.6 Å². The zero-order chi connectivity index (χ0) is 21.0. The predicted molar refractivity (Wildman–Crippen MR) is 102 cm³/mol. The SMILES string of the molecule is Cc1c(F)cc(C(=O)NCC(c2cccc(F)c2)N2CCOCC2)cc1[N+](=O)[O-]. The number of amides is 1. The Balaban J connectivity index is 1.80. The number of morpholine rings is 1. The van der Waals surface area contributed by atoms with Gasteiger partial charge in [0.25, 0.3) is 11.6 Å². The van der Waals surface area contributed by atoms with Crippen LogP contribution in [0, 0.1) is 28.7 Å². The molecule has 1 saturated heterocycles. The second-order valence-electron chi connectivity index (χ2n) is 6.79. The number of benzene rings is 2. The first kappa shape index (κ1) is 20.8. The maximum absolute atomic E-state index is 14.0. The molecule has 29 heavy (non-hydrogen) atoms. The van der Waals surface area contributed by atoms with Gasteiger partial charge in [-0.15, -0.1) is 0 Å². The van der Waals surface area contributed by atoms with Crippen LogP contribution in [0.1, 0.15) is 27.5 Å². The Morgan fingerprint density at radius 2 is 2.00 bits per heavy atom. The molecule has 3 rings (SSSR count). The van der Waals surface area contributed by atoms with Crippen molar-refractivity contribution < 1.29 is 23.2 Å². The van der Waals surface area contributed by atoms with Gasteiger partial charge in [0.15, 0.2) is 0 Å². The Labute approximate surface area is 166 Å². The Bertz CT molecular complexity index is 917. The molecule has 1 N–H and O–H groups in total. The van der Waals surface area contributed by atoms with Crippen molar-refractivity contribution in [1.82, 2.24) is 10.2 Å². The van der Waals surface area contributed by atoms with E-state index in [0.29, 0.717) is 31.9 Å². The minimum absolute atomic E-state index is 0.127. The van der Waals surface area contributed by atoms with Gasteiger partial charge in [0.05, 0.1) is 29.7 Å². The van der Waals surface area contributed by atoms with E-state index in [2.05, 4.69) is 10.2 Å². The average molecular weight is 405 g/mol. The number of carbonyl (C=O) groups excluding carboxylic acids is 1. The highest BCUT2D eigenvalue weighted by molar-refractivity contribution is 5.95. The Morgan fingerprint density at radius 3 is 2.66 bits per heavy atom. The number of hydrogen-bond donors (Lipinski definition) is 1. The second-order valence-corrected chi connectivity index (χ2v) is 6.79. The molecule has 0 aliphatic carbocycles. The van der Waals surface area contributed by atoms with Crippen LogP contribution < -0.4 is 5.32 Å². The Morgan fingerprint density at radius 1 is 1.28 bits per heavy atom. The monoisotopic (exact) mass is 405 g/mol. The molecule has 2 aromatic carbocycles. The van der Waals surface area contributed by atoms with E-state index in [-0.39, 0.29) is 29.5 Å². The van der Waals surface area contributed by atoms with Crippen molar-refractivity contribution in [2.75, 3.05) is 32.8 Å². The number of nitrogens with zero attached hydrogens (tertiary/aromatic N) is 2. The lowest BCUT2D eigenvalue weighted by atomic mass is 10.0. The van der Waals surface area contributed by atoms with E-state index in [1.165, 1.54) is 19.1 Å². The van der Waals surface area contributed by atoms with Crippen LogP contribution in [0.4, 0.5) is 14.5 Å². The van der Waals surface area contributed by atoms with E-state index < -0.39 is 22.3 Å². The summed E-state index contributed by atoms with van der Waals surface area (Å²) >= 11 is 0. The van der Waals surface area contributed by atoms with Crippen LogP contribution in [0.25, 0.3) is 0 Å². The van der Waals surface area contributed by atoms with Crippen LogP contribution in [0.3, 0.4) is 0 Å². The van der Waals surface area contributed by atoms with E-state index in [1.54, 1.807) is 12.1 Å². The number of ether oxygens (including phenoxy) is 1. The van der Waals surface area contributed by atoms with Crippen LogP contribution in [0.2, 0.25) is 0 Å². The molecule has 1 atom stereocenters. The van der Waals surface area contributed by atoms with Gasteiger partial charge in [0.2, 0.25) is 0 Å². The van der Waals surface area contributed by atoms with Crippen molar-refractivity contribution in [2.45, 2.75) is 13.0 Å². The van der Waals surface area contributed by atoms with Gasteiger partial charge in [-0.3, -0.25) is 19.8 Å². The van der Waals surface area contributed by atoms with E-state index in [4.69, 9.17) is 4.74 Å². The smallest absolute Gasteiger partial charge is 0.276 e. The largest absolute Gasteiger partial charge is 0.379 e. The fourth-order valence-corrected chi connectivity index (χ4v) is 3.34. The topological polar surface area (TPSA) is 84.7 Å². The molecule has 1 amide bonds. The predicted octanol–water partition coefficient (Wildman–Crippen LogP) is 2.98. The normalized spacial score (nSPS) is 15.7. The van der Waals surface area contributed by atoms with Crippen LogP contribution in [-0.2, 0) is 4.74 Å². The maximum atomic E-state index is 14.0. The molecule has 154 valence electrons. The van der Waals surface area contributed by atoms with Gasteiger partial charge in [0, 0.05) is 31.3 Å². The summed E-state index contributed by atoms with van der Waals surface area (Å²) in [5, 5.41) is 13.8. The number of carbonyl (C=O) groups is 1. The molecular weight excluding hydrogens is 384 g/mol. The van der Waals surface area contributed by atoms with Crippen LogP contribution >= 0.6 is 0 Å². The molecule has 1 unspecified atom stereocenters. The summed E-state index contributed by atoms with van der Waals surface area (Å²) in [4.78, 5) is 25.0. The molecular formula is C20H21F2N3O4. The molecule has 9 heteroatoms. The Hall–Kier alpha value is -2.91. The lowest BCUT2D eigenvalue weighted by Crippen LogP contribution is -2.43. The van der Waals surface area contributed by atoms with Crippen molar-refractivity contribution >= 4 is 11.6 Å². The summed E-state index contributed by atoms with van der Waals surface area (Å²) < 4.78 is 33.1. The summed E-state index contributed by atoms with van der Waals surface area (Å²) in [5.74, 6) is -1.84. The Kier molecular flexibility index (Phi) is 6.50. The van der Waals surface area contributed by atoms with E-state index >= 15 is 0 Å². The van der Waals surface area contributed by atoms with Crippen LogP contribution in [0.5, 0.6) is 0 Å². The van der Waals surface area contributed by atoms with Gasteiger partial charge < -0.3 is 10.1 Å². The maximum Gasteiger partial charge on any atom is 0.276 e. The number of halogens is 2. The molecule has 1 heterocycles. The molecule has 0 spiro atoms. The highest BCUT2D eigenvalue weighted by atomic mass is 19.1. The highest BCUT2D eigenvalue weighted by Crippen LogP contribution is 2.24. The summed E-state index contributed by atoms with van der Waals surface area (Å²) in [7, 11) is 0. The summed E-state index contributed by atoms with van der Waals surface area (Å²) in [6.45, 7) is 3.69. The van der Waals surface area contributed by atoms with Crippen molar-refractivity contribution in [3.05, 3.63) is 74.8 Å². The number of nitrogens with one attached hydrogen (secondary N) is 1. The average Bonchev–Trinajstić information content (AvgIpc) is 2.70. The summed E-state index contributed by atoms with van der Waals surface area (Å²) in [6.07, 6.45) is 0. The second kappa shape index (κ2) is 9.06. The minimum atomic E-state index is -0.820. The van der Waals surface area contributed by atoms with Gasteiger partial charge >= 0.3 is 0 Å². The van der Waals surface area contributed by atoms with Gasteiger partial charge in [-0.2, -0.15) is 0 Å². The van der Waals surface area contributed by atoms with Gasteiger partial charge in [-0.25, -0.2) is 8.78 Å². The quantitative estimate of drug-likeness (QED) is 0.590. The molecule has 0 aromatic heterocycles. The molecule has 2 aromatic rings. The van der Waals surface area contributed by atoms with Crippen LogP contribution in [-0.4, -0.2) is 48.6 Å². The lowest BCUT2D eigenvalue weighted by Gasteiger charge is -2.35. The molecule has 0 radical (unpaired) electrons. The fourth-order valence-electron chi connectivity index (χ4n) is 3.34. The molecule has 0 saturated carbocycles. The first-order chi connectivity index (χ1) is 13.9. The fraction of sp³-hybridized carbons (Fsp3) is 0.350. The number of nitro groups is 1. The third kappa shape index (κ3) is 4.93.